The van der Waals surface area contributed by atoms with E-state index in [1.54, 1.807) is 0 Å². The molecule has 0 bridgehead atoms. The van der Waals surface area contributed by atoms with Crippen LogP contribution in [0.1, 0.15) is 12.0 Å². The molecule has 108 valence electrons. The van der Waals surface area contributed by atoms with Gasteiger partial charge in [-0.25, -0.2) is 9.59 Å². The first-order valence-electron chi connectivity index (χ1n) is 6.17. The maximum Gasteiger partial charge on any atom is 0.326 e. The number of halogens is 1. The van der Waals surface area contributed by atoms with Gasteiger partial charge in [-0.3, -0.25) is 0 Å². The Bertz CT molecular complexity index is 523. The Morgan fingerprint density at radius 2 is 2.10 bits per heavy atom. The summed E-state index contributed by atoms with van der Waals surface area (Å²) in [4.78, 5) is 24.2. The fourth-order valence-corrected chi connectivity index (χ4v) is 2.61. The topological polar surface area (TPSA) is 89.9 Å². The number of carbonyl (C=O) groups excluding carboxylic acids is 1. The summed E-state index contributed by atoms with van der Waals surface area (Å²) in [7, 11) is 0. The zero-order chi connectivity index (χ0) is 14.7. The van der Waals surface area contributed by atoms with Gasteiger partial charge in [0.1, 0.15) is 6.04 Å². The molecule has 1 saturated heterocycles. The number of nitrogens with zero attached hydrogens (tertiary/aromatic N) is 1. The molecule has 6 nitrogen and oxygen atoms in total. The van der Waals surface area contributed by atoms with Crippen LogP contribution >= 0.6 is 15.9 Å². The van der Waals surface area contributed by atoms with Crippen LogP contribution in [-0.2, 0) is 11.3 Å². The summed E-state index contributed by atoms with van der Waals surface area (Å²) in [6.07, 6.45) is -0.720. The SMILES string of the molecule is O=C(O)[C@@H]1CC(O)CN1C(=O)NCc1ccccc1Br. The molecule has 0 spiro atoms. The van der Waals surface area contributed by atoms with Crippen molar-refractivity contribution in [2.45, 2.75) is 25.1 Å². The number of carboxylic acid groups (broad SMARTS) is 1. The lowest BCUT2D eigenvalue weighted by Crippen LogP contribution is -2.45. The summed E-state index contributed by atoms with van der Waals surface area (Å²) in [5.41, 5.74) is 0.896. The van der Waals surface area contributed by atoms with E-state index in [1.807, 2.05) is 24.3 Å². The fraction of sp³-hybridized carbons (Fsp3) is 0.385. The van der Waals surface area contributed by atoms with E-state index in [4.69, 9.17) is 5.11 Å². The van der Waals surface area contributed by atoms with Crippen LogP contribution in [0.15, 0.2) is 28.7 Å². The number of aliphatic hydroxyl groups is 1. The number of carboxylic acids is 1. The quantitative estimate of drug-likeness (QED) is 0.769. The maximum absolute atomic E-state index is 12.0. The number of aliphatic hydroxyl groups excluding tert-OH is 1. The molecular formula is C13H15BrN2O4. The molecule has 1 aromatic rings. The van der Waals surface area contributed by atoms with Gasteiger partial charge in [-0.15, -0.1) is 0 Å². The van der Waals surface area contributed by atoms with E-state index < -0.39 is 24.1 Å². The maximum atomic E-state index is 12.0. The van der Waals surface area contributed by atoms with E-state index in [9.17, 15) is 14.7 Å². The Kier molecular flexibility index (Phi) is 4.61. The van der Waals surface area contributed by atoms with Gasteiger partial charge in [0.05, 0.1) is 6.10 Å². The van der Waals surface area contributed by atoms with Crippen LogP contribution in [0.2, 0.25) is 0 Å². The van der Waals surface area contributed by atoms with Crippen LogP contribution in [0.5, 0.6) is 0 Å². The highest BCUT2D eigenvalue weighted by Gasteiger charge is 2.38. The largest absolute Gasteiger partial charge is 0.480 e. The zero-order valence-electron chi connectivity index (χ0n) is 10.6. The first-order chi connectivity index (χ1) is 9.49. The fourth-order valence-electron chi connectivity index (χ4n) is 2.19. The van der Waals surface area contributed by atoms with Crippen LogP contribution < -0.4 is 5.32 Å². The monoisotopic (exact) mass is 342 g/mol. The molecule has 1 fully saturated rings. The molecule has 20 heavy (non-hydrogen) atoms. The molecule has 1 aliphatic heterocycles. The Morgan fingerprint density at radius 1 is 1.40 bits per heavy atom. The Morgan fingerprint density at radius 3 is 2.75 bits per heavy atom. The van der Waals surface area contributed by atoms with Crippen molar-refractivity contribution in [3.63, 3.8) is 0 Å². The molecule has 2 rings (SSSR count). The molecule has 0 aliphatic carbocycles. The van der Waals surface area contributed by atoms with Crippen molar-refractivity contribution in [1.82, 2.24) is 10.2 Å². The number of likely N-dealkylation sites (tertiary alicyclic amines) is 1. The van der Waals surface area contributed by atoms with Crippen LogP contribution in [0, 0.1) is 0 Å². The van der Waals surface area contributed by atoms with Gasteiger partial charge < -0.3 is 20.4 Å². The molecule has 2 atom stereocenters. The minimum atomic E-state index is -1.10. The number of rotatable bonds is 3. The molecule has 2 amide bonds. The number of β-amino-alcohol motifs (C(OH)–C–C–N with tert-alkyl or cyclic N) is 1. The lowest BCUT2D eigenvalue weighted by atomic mass is 10.2. The van der Waals surface area contributed by atoms with Crippen molar-refractivity contribution in [3.05, 3.63) is 34.3 Å². The van der Waals surface area contributed by atoms with E-state index in [2.05, 4.69) is 21.2 Å². The molecule has 1 aromatic carbocycles. The minimum absolute atomic E-state index is 0.0404. The number of aliphatic carboxylic acids is 1. The summed E-state index contributed by atoms with van der Waals surface area (Å²) in [5.74, 6) is -1.10. The van der Waals surface area contributed by atoms with Crippen LogP contribution in [-0.4, -0.2) is 45.8 Å². The van der Waals surface area contributed by atoms with Crippen LogP contribution in [0.3, 0.4) is 0 Å². The van der Waals surface area contributed by atoms with Gasteiger partial charge in [-0.2, -0.15) is 0 Å². The summed E-state index contributed by atoms with van der Waals surface area (Å²) in [6.45, 7) is 0.331. The van der Waals surface area contributed by atoms with Crippen molar-refractivity contribution in [3.8, 4) is 0 Å². The molecule has 3 N–H and O–H groups in total. The second-order valence-electron chi connectivity index (χ2n) is 4.65. The van der Waals surface area contributed by atoms with Gasteiger partial charge in [0.15, 0.2) is 0 Å². The highest BCUT2D eigenvalue weighted by atomic mass is 79.9. The number of benzene rings is 1. The van der Waals surface area contributed by atoms with E-state index in [0.717, 1.165) is 14.9 Å². The number of carbonyl (C=O) groups is 2. The predicted octanol–water partition coefficient (Wildman–Crippen LogP) is 1.18. The van der Waals surface area contributed by atoms with Gasteiger partial charge in [-0.1, -0.05) is 34.1 Å². The summed E-state index contributed by atoms with van der Waals surface area (Å²) in [6, 6.07) is 5.99. The lowest BCUT2D eigenvalue weighted by molar-refractivity contribution is -0.141. The molecule has 1 aliphatic rings. The van der Waals surface area contributed by atoms with Crippen LogP contribution in [0.4, 0.5) is 4.79 Å². The van der Waals surface area contributed by atoms with Gasteiger partial charge in [0.25, 0.3) is 0 Å². The average molecular weight is 343 g/mol. The van der Waals surface area contributed by atoms with Crippen LogP contribution in [0.25, 0.3) is 0 Å². The smallest absolute Gasteiger partial charge is 0.326 e. The number of hydrogen-bond donors (Lipinski definition) is 3. The Hall–Kier alpha value is -1.60. The number of nitrogens with one attached hydrogen (secondary N) is 1. The summed E-state index contributed by atoms with van der Waals surface area (Å²) < 4.78 is 0.872. The first kappa shape index (κ1) is 14.8. The van der Waals surface area contributed by atoms with E-state index >= 15 is 0 Å². The number of amides is 2. The molecule has 0 aromatic heterocycles. The summed E-state index contributed by atoms with van der Waals surface area (Å²) in [5, 5.41) is 21.2. The standard InChI is InChI=1S/C13H15BrN2O4/c14-10-4-2-1-3-8(10)6-15-13(20)16-7-9(17)5-11(16)12(18)19/h1-4,9,11,17H,5-7H2,(H,15,20)(H,18,19)/t9?,11-/m0/s1. The second kappa shape index (κ2) is 6.23. The highest BCUT2D eigenvalue weighted by molar-refractivity contribution is 9.10. The predicted molar refractivity (Wildman–Crippen MR) is 75.1 cm³/mol. The molecular weight excluding hydrogens is 328 g/mol. The molecule has 1 heterocycles. The van der Waals surface area contributed by atoms with Crippen molar-refractivity contribution in [2.24, 2.45) is 0 Å². The molecule has 7 heteroatoms. The van der Waals surface area contributed by atoms with Gasteiger partial charge >= 0.3 is 12.0 Å². The van der Waals surface area contributed by atoms with E-state index in [-0.39, 0.29) is 13.0 Å². The van der Waals surface area contributed by atoms with Crippen molar-refractivity contribution < 1.29 is 19.8 Å². The zero-order valence-corrected chi connectivity index (χ0v) is 12.2. The third-order valence-electron chi connectivity index (χ3n) is 3.21. The lowest BCUT2D eigenvalue weighted by Gasteiger charge is -2.21. The second-order valence-corrected chi connectivity index (χ2v) is 5.50. The van der Waals surface area contributed by atoms with Crippen molar-refractivity contribution in [2.75, 3.05) is 6.54 Å². The third kappa shape index (κ3) is 3.29. The van der Waals surface area contributed by atoms with Gasteiger partial charge in [0, 0.05) is 24.0 Å². The molecule has 1 unspecified atom stereocenters. The Balaban J connectivity index is 1.98. The first-order valence-corrected chi connectivity index (χ1v) is 6.97. The molecule has 0 saturated carbocycles. The number of urea groups is 1. The van der Waals surface area contributed by atoms with Gasteiger partial charge in [0.2, 0.25) is 0 Å². The normalized spacial score (nSPS) is 21.8. The Labute approximate surface area is 124 Å². The molecule has 0 radical (unpaired) electrons. The van der Waals surface area contributed by atoms with E-state index in [0.29, 0.717) is 6.54 Å². The van der Waals surface area contributed by atoms with Gasteiger partial charge in [-0.05, 0) is 11.6 Å². The highest BCUT2D eigenvalue weighted by Crippen LogP contribution is 2.19. The van der Waals surface area contributed by atoms with Crippen molar-refractivity contribution >= 4 is 27.9 Å². The van der Waals surface area contributed by atoms with Crippen molar-refractivity contribution in [1.29, 1.82) is 0 Å². The summed E-state index contributed by atoms with van der Waals surface area (Å²) >= 11 is 3.38. The third-order valence-corrected chi connectivity index (χ3v) is 3.99. The average Bonchev–Trinajstić information content (AvgIpc) is 2.80. The minimum Gasteiger partial charge on any atom is -0.480 e. The number of hydrogen-bond acceptors (Lipinski definition) is 3. The van der Waals surface area contributed by atoms with E-state index in [1.165, 1.54) is 0 Å².